The van der Waals surface area contributed by atoms with Gasteiger partial charge in [0.05, 0.1) is 0 Å². The molecule has 2 N–H and O–H groups in total. The Morgan fingerprint density at radius 2 is 1.92 bits per heavy atom. The first kappa shape index (κ1) is 17.4. The van der Waals surface area contributed by atoms with Crippen LogP contribution in [-0.4, -0.2) is 41.0 Å². The molecule has 4 rings (SSSR count). The fraction of sp³-hybridized carbons (Fsp3) is 0.524. The summed E-state index contributed by atoms with van der Waals surface area (Å²) < 4.78 is 0. The highest BCUT2D eigenvalue weighted by atomic mass is 16.2. The molecule has 2 saturated heterocycles. The Kier molecular flexibility index (Phi) is 4.92. The molecular weight excluding hydrogens is 324 g/mol. The van der Waals surface area contributed by atoms with Gasteiger partial charge in [-0.2, -0.15) is 0 Å². The summed E-state index contributed by atoms with van der Waals surface area (Å²) in [5, 5.41) is 2.40. The number of rotatable bonds is 3. The molecule has 3 heterocycles. The number of fused-ring (bicyclic) bond motifs is 1. The predicted octanol–water partition coefficient (Wildman–Crippen LogP) is 2.83. The van der Waals surface area contributed by atoms with Crippen LogP contribution in [0.2, 0.25) is 0 Å². The van der Waals surface area contributed by atoms with Crippen LogP contribution >= 0.6 is 0 Å². The fourth-order valence-electron chi connectivity index (χ4n) is 4.36. The maximum absolute atomic E-state index is 12.9. The number of hydrogen-bond donors (Lipinski definition) is 2. The number of nitrogens with zero attached hydrogens (tertiary/aromatic N) is 2. The monoisotopic (exact) mass is 352 g/mol. The zero-order chi connectivity index (χ0) is 18.1. The number of carbonyl (C=O) groups is 1. The zero-order valence-corrected chi connectivity index (χ0v) is 15.6. The number of pyridine rings is 1. The van der Waals surface area contributed by atoms with Gasteiger partial charge >= 0.3 is 0 Å². The normalized spacial score (nSPS) is 29.2. The van der Waals surface area contributed by atoms with Gasteiger partial charge < -0.3 is 4.90 Å². The minimum atomic E-state index is 0.282. The summed E-state index contributed by atoms with van der Waals surface area (Å²) in [6, 6.07) is 11.2. The molecule has 3 unspecified atom stereocenters. The van der Waals surface area contributed by atoms with Crippen molar-refractivity contribution in [2.75, 3.05) is 13.1 Å². The Morgan fingerprint density at radius 3 is 2.69 bits per heavy atom. The third-order valence-electron chi connectivity index (χ3n) is 6.08. The van der Waals surface area contributed by atoms with Gasteiger partial charge in [0.15, 0.2) is 0 Å². The van der Waals surface area contributed by atoms with Gasteiger partial charge in [-0.25, -0.2) is 0 Å². The van der Waals surface area contributed by atoms with Crippen molar-refractivity contribution < 1.29 is 4.79 Å². The highest BCUT2D eigenvalue weighted by Crippen LogP contribution is 2.29. The van der Waals surface area contributed by atoms with Crippen molar-refractivity contribution in [2.24, 2.45) is 5.92 Å². The third kappa shape index (κ3) is 3.46. The van der Waals surface area contributed by atoms with E-state index in [0.29, 0.717) is 30.3 Å². The van der Waals surface area contributed by atoms with E-state index in [9.17, 15) is 4.79 Å². The minimum absolute atomic E-state index is 0.282. The first-order valence-electron chi connectivity index (χ1n) is 9.75. The lowest BCUT2D eigenvalue weighted by Gasteiger charge is -2.34. The van der Waals surface area contributed by atoms with Gasteiger partial charge in [-0.15, -0.1) is 0 Å². The maximum atomic E-state index is 12.9. The number of hydrogen-bond acceptors (Lipinski definition) is 4. The van der Waals surface area contributed by atoms with Crippen LogP contribution in [0.25, 0.3) is 10.8 Å². The molecule has 1 amide bonds. The minimum Gasteiger partial charge on any atom is -0.342 e. The molecule has 2 aliphatic rings. The topological polar surface area (TPSA) is 57.3 Å². The molecule has 0 bridgehead atoms. The lowest BCUT2D eigenvalue weighted by molar-refractivity contribution is -0.133. The second-order valence-electron chi connectivity index (χ2n) is 7.87. The summed E-state index contributed by atoms with van der Waals surface area (Å²) in [6.07, 6.45) is 4.73. The second-order valence-corrected chi connectivity index (χ2v) is 7.87. The van der Waals surface area contributed by atoms with Crippen molar-refractivity contribution in [3.8, 4) is 0 Å². The van der Waals surface area contributed by atoms with Crippen LogP contribution in [0, 0.1) is 5.92 Å². The molecule has 5 nitrogen and oxygen atoms in total. The lowest BCUT2D eigenvalue weighted by atomic mass is 9.90. The van der Waals surface area contributed by atoms with E-state index in [1.807, 2.05) is 12.3 Å². The number of amides is 1. The average molecular weight is 352 g/mol. The van der Waals surface area contributed by atoms with Crippen molar-refractivity contribution in [1.29, 1.82) is 0 Å². The molecule has 2 aromatic rings. The van der Waals surface area contributed by atoms with Gasteiger partial charge in [-0.1, -0.05) is 24.3 Å². The van der Waals surface area contributed by atoms with Crippen molar-refractivity contribution in [2.45, 2.75) is 51.1 Å². The summed E-state index contributed by atoms with van der Waals surface area (Å²) in [6.45, 7) is 5.96. The number of aromatic nitrogens is 1. The maximum Gasteiger partial charge on any atom is 0.222 e. The Hall–Kier alpha value is -1.98. The molecule has 26 heavy (non-hydrogen) atoms. The largest absolute Gasteiger partial charge is 0.342 e. The highest BCUT2D eigenvalue weighted by Gasteiger charge is 2.34. The Bertz CT molecular complexity index is 782. The Balaban J connectivity index is 1.45. The van der Waals surface area contributed by atoms with Crippen LogP contribution in [0.3, 0.4) is 0 Å². The van der Waals surface area contributed by atoms with E-state index in [0.717, 1.165) is 31.6 Å². The summed E-state index contributed by atoms with van der Waals surface area (Å²) in [5.41, 5.74) is 7.61. The molecule has 0 aliphatic carbocycles. The SMILES string of the molecule is CC1NNC(C)C1CC(=O)N1CCCC(c2cc3ccccc3cn2)C1. The summed E-state index contributed by atoms with van der Waals surface area (Å²) in [5.74, 6) is 0.971. The number of hydrazine groups is 1. The molecule has 138 valence electrons. The summed E-state index contributed by atoms with van der Waals surface area (Å²) in [7, 11) is 0. The molecule has 1 aromatic carbocycles. The second kappa shape index (κ2) is 7.33. The molecule has 3 atom stereocenters. The average Bonchev–Trinajstić information content (AvgIpc) is 2.99. The number of carbonyl (C=O) groups excluding carboxylic acids is 1. The van der Waals surface area contributed by atoms with Gasteiger partial charge in [0, 0.05) is 60.7 Å². The number of likely N-dealkylation sites (tertiary alicyclic amines) is 1. The first-order chi connectivity index (χ1) is 12.6. The number of benzene rings is 1. The van der Waals surface area contributed by atoms with E-state index < -0.39 is 0 Å². The van der Waals surface area contributed by atoms with Crippen molar-refractivity contribution >= 4 is 16.7 Å². The molecule has 2 aliphatic heterocycles. The van der Waals surface area contributed by atoms with Crippen LogP contribution in [0.4, 0.5) is 0 Å². The predicted molar refractivity (Wildman–Crippen MR) is 104 cm³/mol. The van der Waals surface area contributed by atoms with Crippen LogP contribution in [0.15, 0.2) is 36.5 Å². The molecule has 2 fully saturated rings. The van der Waals surface area contributed by atoms with E-state index in [1.165, 1.54) is 10.8 Å². The van der Waals surface area contributed by atoms with Gasteiger partial charge in [0.2, 0.25) is 5.91 Å². The number of nitrogens with one attached hydrogen (secondary N) is 2. The van der Waals surface area contributed by atoms with E-state index >= 15 is 0 Å². The Labute approximate surface area is 155 Å². The lowest BCUT2D eigenvalue weighted by Crippen LogP contribution is -2.41. The van der Waals surface area contributed by atoms with Crippen LogP contribution in [0.1, 0.15) is 44.7 Å². The van der Waals surface area contributed by atoms with Gasteiger partial charge in [-0.3, -0.25) is 20.6 Å². The standard InChI is InChI=1S/C21H28N4O/c1-14-19(15(2)24-23-14)11-21(26)25-9-5-8-18(13-25)20-10-16-6-3-4-7-17(16)12-22-20/h3-4,6-7,10,12,14-15,18-19,23-24H,5,8-9,11,13H2,1-2H3. The molecule has 0 spiro atoms. The molecule has 5 heteroatoms. The third-order valence-corrected chi connectivity index (χ3v) is 6.08. The smallest absolute Gasteiger partial charge is 0.222 e. The molecule has 0 saturated carbocycles. The van der Waals surface area contributed by atoms with E-state index in [-0.39, 0.29) is 5.91 Å². The van der Waals surface area contributed by atoms with Crippen LogP contribution in [0.5, 0.6) is 0 Å². The molecular formula is C21H28N4O. The molecule has 0 radical (unpaired) electrons. The van der Waals surface area contributed by atoms with Crippen molar-refractivity contribution in [3.05, 3.63) is 42.2 Å². The quantitative estimate of drug-likeness (QED) is 0.892. The zero-order valence-electron chi connectivity index (χ0n) is 15.6. The number of piperidine rings is 1. The first-order valence-corrected chi connectivity index (χ1v) is 9.75. The van der Waals surface area contributed by atoms with Crippen molar-refractivity contribution in [3.63, 3.8) is 0 Å². The van der Waals surface area contributed by atoms with Gasteiger partial charge in [0.25, 0.3) is 0 Å². The van der Waals surface area contributed by atoms with Crippen molar-refractivity contribution in [1.82, 2.24) is 20.7 Å². The summed E-state index contributed by atoms with van der Waals surface area (Å²) in [4.78, 5) is 19.6. The van der Waals surface area contributed by atoms with E-state index in [1.54, 1.807) is 0 Å². The molecule has 1 aromatic heterocycles. The Morgan fingerprint density at radius 1 is 1.19 bits per heavy atom. The van der Waals surface area contributed by atoms with E-state index in [2.05, 4.69) is 53.9 Å². The highest BCUT2D eigenvalue weighted by molar-refractivity contribution is 5.82. The fourth-order valence-corrected chi connectivity index (χ4v) is 4.36. The van der Waals surface area contributed by atoms with E-state index in [4.69, 9.17) is 4.98 Å². The van der Waals surface area contributed by atoms with Gasteiger partial charge in [-0.05, 0) is 38.1 Å². The van der Waals surface area contributed by atoms with Gasteiger partial charge in [0.1, 0.15) is 0 Å². The van der Waals surface area contributed by atoms with Crippen LogP contribution in [-0.2, 0) is 4.79 Å². The van der Waals surface area contributed by atoms with Crippen LogP contribution < -0.4 is 10.9 Å². The summed E-state index contributed by atoms with van der Waals surface area (Å²) >= 11 is 0.